The molecule has 3 nitrogen and oxygen atoms in total. The molecule has 1 aromatic rings. The third-order valence-electron chi connectivity index (χ3n) is 3.85. The van der Waals surface area contributed by atoms with E-state index in [0.717, 1.165) is 25.1 Å². The van der Waals surface area contributed by atoms with Crippen molar-refractivity contribution in [3.05, 3.63) is 35.9 Å². The van der Waals surface area contributed by atoms with Gasteiger partial charge in [-0.25, -0.2) is 0 Å². The highest BCUT2D eigenvalue weighted by atomic mass is 16.2. The molecule has 0 aromatic heterocycles. The highest BCUT2D eigenvalue weighted by Crippen LogP contribution is 2.25. The van der Waals surface area contributed by atoms with Gasteiger partial charge in [0, 0.05) is 6.54 Å². The Labute approximate surface area is 109 Å². The molecule has 1 atom stereocenters. The number of hydrogen-bond donors (Lipinski definition) is 2. The molecule has 1 saturated heterocycles. The Balaban J connectivity index is 2.13. The number of amides is 1. The molecule has 1 fully saturated rings. The van der Waals surface area contributed by atoms with Crippen LogP contribution in [-0.4, -0.2) is 24.5 Å². The Bertz CT molecular complexity index is 419. The van der Waals surface area contributed by atoms with Crippen molar-refractivity contribution in [1.29, 1.82) is 0 Å². The maximum absolute atomic E-state index is 12.5. The lowest BCUT2D eigenvalue weighted by molar-refractivity contribution is -0.127. The fourth-order valence-corrected chi connectivity index (χ4v) is 2.34. The van der Waals surface area contributed by atoms with E-state index in [1.165, 1.54) is 0 Å². The van der Waals surface area contributed by atoms with E-state index in [2.05, 4.69) is 17.6 Å². The first-order valence-corrected chi connectivity index (χ1v) is 6.53. The Morgan fingerprint density at radius 2 is 2.00 bits per heavy atom. The Morgan fingerprint density at radius 1 is 1.33 bits per heavy atom. The van der Waals surface area contributed by atoms with Gasteiger partial charge in [0.2, 0.25) is 5.91 Å². The molecule has 0 saturated carbocycles. The lowest BCUT2D eigenvalue weighted by Gasteiger charge is -2.31. The van der Waals surface area contributed by atoms with Crippen molar-refractivity contribution in [2.75, 3.05) is 13.1 Å². The molecule has 18 heavy (non-hydrogen) atoms. The molecule has 1 unspecified atom stereocenters. The van der Waals surface area contributed by atoms with Crippen LogP contribution < -0.4 is 10.6 Å². The van der Waals surface area contributed by atoms with Gasteiger partial charge in [-0.3, -0.25) is 4.79 Å². The summed E-state index contributed by atoms with van der Waals surface area (Å²) in [5, 5.41) is 6.49. The van der Waals surface area contributed by atoms with Crippen molar-refractivity contribution in [1.82, 2.24) is 10.6 Å². The first-order chi connectivity index (χ1) is 8.44. The highest BCUT2D eigenvalue weighted by Gasteiger charge is 2.36. The molecule has 0 spiro atoms. The minimum absolute atomic E-state index is 0.0971. The molecular formula is C15H22N2O. The maximum atomic E-state index is 12.5. The van der Waals surface area contributed by atoms with Gasteiger partial charge in [-0.15, -0.1) is 0 Å². The third kappa shape index (κ3) is 2.56. The smallest absolute Gasteiger partial charge is 0.230 e. The summed E-state index contributed by atoms with van der Waals surface area (Å²) < 4.78 is 0. The van der Waals surface area contributed by atoms with Crippen LogP contribution in [0.2, 0.25) is 0 Å². The molecule has 1 heterocycles. The number of hydrogen-bond acceptors (Lipinski definition) is 2. The predicted octanol–water partition coefficient (Wildman–Crippen LogP) is 1.83. The van der Waals surface area contributed by atoms with Crippen molar-refractivity contribution < 1.29 is 4.79 Å². The van der Waals surface area contributed by atoms with Gasteiger partial charge in [-0.1, -0.05) is 30.3 Å². The molecule has 3 heteroatoms. The zero-order valence-electron chi connectivity index (χ0n) is 11.4. The van der Waals surface area contributed by atoms with E-state index in [4.69, 9.17) is 0 Å². The van der Waals surface area contributed by atoms with Crippen LogP contribution in [0.5, 0.6) is 0 Å². The van der Waals surface area contributed by atoms with E-state index in [0.29, 0.717) is 0 Å². The second kappa shape index (κ2) is 4.73. The van der Waals surface area contributed by atoms with Gasteiger partial charge >= 0.3 is 0 Å². The number of benzene rings is 1. The van der Waals surface area contributed by atoms with Crippen molar-refractivity contribution >= 4 is 5.91 Å². The van der Waals surface area contributed by atoms with Crippen molar-refractivity contribution in [2.45, 2.75) is 38.1 Å². The molecule has 0 radical (unpaired) electrons. The summed E-state index contributed by atoms with van der Waals surface area (Å²) >= 11 is 0. The van der Waals surface area contributed by atoms with Gasteiger partial charge in [-0.2, -0.15) is 0 Å². The van der Waals surface area contributed by atoms with Gasteiger partial charge in [-0.05, 0) is 39.3 Å². The summed E-state index contributed by atoms with van der Waals surface area (Å²) in [7, 11) is 0. The average molecular weight is 246 g/mol. The molecule has 1 aliphatic rings. The van der Waals surface area contributed by atoms with Crippen molar-refractivity contribution in [3.63, 3.8) is 0 Å². The summed E-state index contributed by atoms with van der Waals surface area (Å²) in [6, 6.07) is 9.94. The van der Waals surface area contributed by atoms with Crippen molar-refractivity contribution in [3.8, 4) is 0 Å². The SMILES string of the molecule is CC1(NC(=O)C(C)(C)c2ccccc2)CCNC1. The van der Waals surface area contributed by atoms with Gasteiger partial charge in [0.25, 0.3) is 0 Å². The van der Waals surface area contributed by atoms with Crippen LogP contribution in [0, 0.1) is 0 Å². The standard InChI is InChI=1S/C15H22N2O/c1-14(2,12-7-5-4-6-8-12)13(18)17-15(3)9-10-16-11-15/h4-8,16H,9-11H2,1-3H3,(H,17,18). The second-order valence-corrected chi connectivity index (χ2v) is 5.93. The topological polar surface area (TPSA) is 41.1 Å². The van der Waals surface area contributed by atoms with Crippen LogP contribution in [0.1, 0.15) is 32.8 Å². The summed E-state index contributed by atoms with van der Waals surface area (Å²) in [4.78, 5) is 12.5. The lowest BCUT2D eigenvalue weighted by atomic mass is 9.82. The monoisotopic (exact) mass is 246 g/mol. The Morgan fingerprint density at radius 3 is 2.56 bits per heavy atom. The average Bonchev–Trinajstić information content (AvgIpc) is 2.77. The minimum Gasteiger partial charge on any atom is -0.349 e. The van der Waals surface area contributed by atoms with E-state index < -0.39 is 5.41 Å². The van der Waals surface area contributed by atoms with E-state index in [9.17, 15) is 4.79 Å². The quantitative estimate of drug-likeness (QED) is 0.854. The van der Waals surface area contributed by atoms with Gasteiger partial charge in [0.15, 0.2) is 0 Å². The van der Waals surface area contributed by atoms with Crippen LogP contribution in [0.4, 0.5) is 0 Å². The molecular weight excluding hydrogens is 224 g/mol. The number of carbonyl (C=O) groups is 1. The normalized spacial score (nSPS) is 23.9. The fourth-order valence-electron chi connectivity index (χ4n) is 2.34. The molecule has 98 valence electrons. The summed E-state index contributed by atoms with van der Waals surface area (Å²) in [5.74, 6) is 0.0971. The molecule has 0 bridgehead atoms. The van der Waals surface area contributed by atoms with Crippen molar-refractivity contribution in [2.24, 2.45) is 0 Å². The second-order valence-electron chi connectivity index (χ2n) is 5.93. The number of nitrogens with one attached hydrogen (secondary N) is 2. The van der Waals surface area contributed by atoms with Gasteiger partial charge in [0.05, 0.1) is 11.0 Å². The number of rotatable bonds is 3. The summed E-state index contributed by atoms with van der Waals surface area (Å²) in [5.41, 5.74) is 0.452. The molecule has 2 N–H and O–H groups in total. The summed E-state index contributed by atoms with van der Waals surface area (Å²) in [6.07, 6.45) is 0.990. The predicted molar refractivity (Wildman–Crippen MR) is 73.5 cm³/mol. The molecule has 2 rings (SSSR count). The van der Waals surface area contributed by atoms with E-state index in [1.807, 2.05) is 44.2 Å². The van der Waals surface area contributed by atoms with Gasteiger partial charge < -0.3 is 10.6 Å². The molecule has 1 aliphatic heterocycles. The van der Waals surface area contributed by atoms with Crippen LogP contribution in [0.3, 0.4) is 0 Å². The fraction of sp³-hybridized carbons (Fsp3) is 0.533. The van der Waals surface area contributed by atoms with E-state index >= 15 is 0 Å². The van der Waals surface area contributed by atoms with Gasteiger partial charge in [0.1, 0.15) is 0 Å². The maximum Gasteiger partial charge on any atom is 0.230 e. The largest absolute Gasteiger partial charge is 0.349 e. The zero-order chi connectivity index (χ0) is 13.2. The Hall–Kier alpha value is -1.35. The molecule has 1 amide bonds. The van der Waals surface area contributed by atoms with Crippen LogP contribution in [-0.2, 0) is 10.2 Å². The zero-order valence-corrected chi connectivity index (χ0v) is 11.4. The van der Waals surface area contributed by atoms with E-state index in [1.54, 1.807) is 0 Å². The minimum atomic E-state index is -0.493. The first kappa shape index (κ1) is 13.1. The summed E-state index contributed by atoms with van der Waals surface area (Å²) in [6.45, 7) is 7.88. The van der Waals surface area contributed by atoms with Crippen LogP contribution >= 0.6 is 0 Å². The van der Waals surface area contributed by atoms with E-state index in [-0.39, 0.29) is 11.4 Å². The third-order valence-corrected chi connectivity index (χ3v) is 3.85. The molecule has 0 aliphatic carbocycles. The first-order valence-electron chi connectivity index (χ1n) is 6.53. The van der Waals surface area contributed by atoms with Crippen LogP contribution in [0.25, 0.3) is 0 Å². The molecule has 1 aromatic carbocycles. The van der Waals surface area contributed by atoms with Crippen LogP contribution in [0.15, 0.2) is 30.3 Å². The lowest BCUT2D eigenvalue weighted by Crippen LogP contribution is -2.53. The highest BCUT2D eigenvalue weighted by molar-refractivity contribution is 5.87. The Kier molecular flexibility index (Phi) is 3.44. The number of carbonyl (C=O) groups excluding carboxylic acids is 1.